The van der Waals surface area contributed by atoms with Crippen molar-refractivity contribution < 1.29 is 19.4 Å². The van der Waals surface area contributed by atoms with E-state index >= 15 is 0 Å². The summed E-state index contributed by atoms with van der Waals surface area (Å²) >= 11 is 0. The quantitative estimate of drug-likeness (QED) is 0.155. The van der Waals surface area contributed by atoms with E-state index in [0.29, 0.717) is 23.0 Å². The maximum Gasteiger partial charge on any atom is 0.337 e. The molecule has 4 aliphatic rings. The van der Waals surface area contributed by atoms with Gasteiger partial charge in [-0.25, -0.2) is 9.59 Å². The van der Waals surface area contributed by atoms with Crippen LogP contribution in [0.15, 0.2) is 170 Å². The summed E-state index contributed by atoms with van der Waals surface area (Å²) in [6.45, 7) is 0. The zero-order chi connectivity index (χ0) is 43.2. The summed E-state index contributed by atoms with van der Waals surface area (Å²) in [7, 11) is 1.46. The number of hydrogen-bond acceptors (Lipinski definition) is 3. The van der Waals surface area contributed by atoms with Gasteiger partial charge in [-0.1, -0.05) is 146 Å². The van der Waals surface area contributed by atoms with Crippen molar-refractivity contribution >= 4 is 23.1 Å². The number of carbonyl (C=O) groups is 2. The third-order valence-corrected chi connectivity index (χ3v) is 14.9. The number of carboxylic acids is 1. The molecule has 4 atom stereocenters. The summed E-state index contributed by atoms with van der Waals surface area (Å²) in [5.41, 5.74) is 14.9. The monoisotopic (exact) mass is 830 g/mol. The van der Waals surface area contributed by atoms with E-state index in [4.69, 9.17) is 4.74 Å². The van der Waals surface area contributed by atoms with E-state index in [1.807, 2.05) is 18.2 Å². The third-order valence-electron chi connectivity index (χ3n) is 14.9. The first-order valence-corrected chi connectivity index (χ1v) is 23.0. The number of ether oxygens (including phenoxy) is 1. The number of rotatable bonds is 8. The Kier molecular flexibility index (Phi) is 12.4. The number of aryl methyl sites for hydroxylation is 2. The number of allylic oxidation sites excluding steroid dienone is 4. The Bertz CT molecular complexity index is 2610. The van der Waals surface area contributed by atoms with E-state index in [2.05, 4.69) is 152 Å². The van der Waals surface area contributed by atoms with Crippen molar-refractivity contribution in [3.05, 3.63) is 226 Å². The Balaban J connectivity index is 0.000000160. The fourth-order valence-corrected chi connectivity index (χ4v) is 11.8. The molecule has 6 aromatic rings. The molecule has 0 heterocycles. The van der Waals surface area contributed by atoms with Gasteiger partial charge >= 0.3 is 11.9 Å². The molecule has 63 heavy (non-hydrogen) atoms. The first-order valence-electron chi connectivity index (χ1n) is 23.0. The summed E-state index contributed by atoms with van der Waals surface area (Å²) in [6, 6.07) is 55.5. The highest BCUT2D eigenvalue weighted by Gasteiger charge is 2.46. The lowest BCUT2D eigenvalue weighted by atomic mass is 9.59. The first kappa shape index (κ1) is 42.1. The van der Waals surface area contributed by atoms with E-state index in [-0.39, 0.29) is 16.8 Å². The standard InChI is InChI=1S/C30H30O2.C29H28O2/c1-32-29(31)26-15-16-28-25(19-26)13-8-14-27-20-24(23-11-6-3-7-12-23)17-18-30(27,28)21-22-9-4-2-5-10-22;30-28(31)25-14-15-27-24(18-25)12-7-13-26-19-23(22-10-5-2-6-11-22)16-17-29(26,27)20-21-8-3-1-4-9-21/h2-7,9-12,15-17,19,27H,8,13-14,18,20-21H2,1H3;1-6,8-11,14-16,18,26H,7,12-13,17,19-20H2,(H,30,31)/t27-,30-;26-,29-/m00/s1. The lowest BCUT2D eigenvalue weighted by Gasteiger charge is -2.44. The fraction of sp³-hybridized carbons (Fsp3) is 0.288. The molecule has 0 saturated heterocycles. The fourth-order valence-electron chi connectivity index (χ4n) is 11.8. The molecular weight excluding hydrogens is 773 g/mol. The minimum absolute atomic E-state index is 0.0164. The van der Waals surface area contributed by atoms with Crippen molar-refractivity contribution in [3.8, 4) is 0 Å². The summed E-state index contributed by atoms with van der Waals surface area (Å²) in [4.78, 5) is 23.8. The first-order chi connectivity index (χ1) is 30.8. The van der Waals surface area contributed by atoms with Gasteiger partial charge in [-0.3, -0.25) is 0 Å². The number of fused-ring (bicyclic) bond motifs is 6. The lowest BCUT2D eigenvalue weighted by molar-refractivity contribution is 0.0599. The summed E-state index contributed by atoms with van der Waals surface area (Å²) in [6.07, 6.45) is 17.8. The van der Waals surface area contributed by atoms with Crippen molar-refractivity contribution in [1.82, 2.24) is 0 Å². The van der Waals surface area contributed by atoms with Crippen molar-refractivity contribution in [2.24, 2.45) is 11.8 Å². The van der Waals surface area contributed by atoms with Gasteiger partial charge in [0.25, 0.3) is 0 Å². The van der Waals surface area contributed by atoms with Gasteiger partial charge in [-0.2, -0.15) is 0 Å². The van der Waals surface area contributed by atoms with Crippen molar-refractivity contribution in [3.63, 3.8) is 0 Å². The van der Waals surface area contributed by atoms with Crippen LogP contribution in [0.3, 0.4) is 0 Å². The largest absolute Gasteiger partial charge is 0.478 e. The number of carbonyl (C=O) groups excluding carboxylic acids is 1. The number of carboxylic acid groups (broad SMARTS) is 1. The topological polar surface area (TPSA) is 63.6 Å². The average Bonchev–Trinajstić information content (AvgIpc) is 3.59. The maximum atomic E-state index is 12.2. The molecule has 0 amide bonds. The van der Waals surface area contributed by atoms with E-state index in [1.165, 1.54) is 75.6 Å². The van der Waals surface area contributed by atoms with E-state index in [0.717, 1.165) is 64.2 Å². The molecule has 0 spiro atoms. The molecule has 10 rings (SSSR count). The highest BCUT2D eigenvalue weighted by atomic mass is 16.5. The van der Waals surface area contributed by atoms with Crippen molar-refractivity contribution in [2.75, 3.05) is 7.11 Å². The van der Waals surface area contributed by atoms with E-state index < -0.39 is 5.97 Å². The van der Waals surface area contributed by atoms with Gasteiger partial charge in [0.15, 0.2) is 0 Å². The van der Waals surface area contributed by atoms with Gasteiger partial charge in [0.2, 0.25) is 0 Å². The van der Waals surface area contributed by atoms with Crippen molar-refractivity contribution in [1.29, 1.82) is 0 Å². The molecule has 6 aromatic carbocycles. The van der Waals surface area contributed by atoms with Crippen molar-refractivity contribution in [2.45, 2.75) is 87.9 Å². The van der Waals surface area contributed by atoms with E-state index in [1.54, 1.807) is 0 Å². The summed E-state index contributed by atoms with van der Waals surface area (Å²) in [5.74, 6) is 0.0363. The van der Waals surface area contributed by atoms with Crippen LogP contribution in [0.5, 0.6) is 0 Å². The van der Waals surface area contributed by atoms with Gasteiger partial charge in [-0.05, 0) is 169 Å². The SMILES string of the molecule is COC(=O)c1ccc2c(c1)CCC[C@H]1CC(c3ccccc3)=CC[C@@]21Cc1ccccc1.O=C(O)c1ccc2c(c1)CCC[C@H]1CC(c3ccccc3)=CC[C@@]21Cc1ccccc1. The highest BCUT2D eigenvalue weighted by molar-refractivity contribution is 5.90. The van der Waals surface area contributed by atoms with Crippen LogP contribution in [0.2, 0.25) is 0 Å². The smallest absolute Gasteiger partial charge is 0.337 e. The second-order valence-electron chi connectivity index (χ2n) is 18.4. The van der Waals surface area contributed by atoms with Gasteiger partial charge in [-0.15, -0.1) is 0 Å². The predicted molar refractivity (Wildman–Crippen MR) is 255 cm³/mol. The zero-order valence-corrected chi connectivity index (χ0v) is 36.5. The minimum Gasteiger partial charge on any atom is -0.478 e. The maximum absolute atomic E-state index is 12.2. The van der Waals surface area contributed by atoms with Crippen LogP contribution < -0.4 is 0 Å². The Morgan fingerprint density at radius 3 is 1.40 bits per heavy atom. The van der Waals surface area contributed by atoms with Gasteiger partial charge < -0.3 is 9.84 Å². The van der Waals surface area contributed by atoms with Gasteiger partial charge in [0, 0.05) is 10.8 Å². The zero-order valence-electron chi connectivity index (χ0n) is 36.5. The van der Waals surface area contributed by atoms with Crippen LogP contribution in [-0.4, -0.2) is 24.2 Å². The molecule has 318 valence electrons. The van der Waals surface area contributed by atoms with Crippen LogP contribution in [0.4, 0.5) is 0 Å². The van der Waals surface area contributed by atoms with Crippen LogP contribution in [0, 0.1) is 11.8 Å². The second-order valence-corrected chi connectivity index (χ2v) is 18.4. The molecule has 0 saturated carbocycles. The molecule has 0 bridgehead atoms. The van der Waals surface area contributed by atoms with Crippen LogP contribution >= 0.6 is 0 Å². The summed E-state index contributed by atoms with van der Waals surface area (Å²) < 4.78 is 5.00. The molecule has 1 N–H and O–H groups in total. The predicted octanol–water partition coefficient (Wildman–Crippen LogP) is 13.5. The molecule has 0 aromatic heterocycles. The normalized spacial score (nSPS) is 22.4. The molecule has 4 aliphatic carbocycles. The number of methoxy groups -OCH3 is 1. The molecule has 0 unspecified atom stereocenters. The lowest BCUT2D eigenvalue weighted by Crippen LogP contribution is -2.39. The minimum atomic E-state index is -0.837. The Hall–Kier alpha value is -6.26. The Morgan fingerprint density at radius 2 is 0.968 bits per heavy atom. The van der Waals surface area contributed by atoms with Crippen LogP contribution in [0.25, 0.3) is 11.1 Å². The van der Waals surface area contributed by atoms with E-state index in [9.17, 15) is 14.7 Å². The van der Waals surface area contributed by atoms with Gasteiger partial charge in [0.1, 0.15) is 0 Å². The van der Waals surface area contributed by atoms with Crippen LogP contribution in [0.1, 0.15) is 117 Å². The highest BCUT2D eigenvalue weighted by Crippen LogP contribution is 2.54. The Morgan fingerprint density at radius 1 is 0.556 bits per heavy atom. The molecule has 4 heteroatoms. The average molecular weight is 831 g/mol. The molecule has 0 fully saturated rings. The number of esters is 1. The summed E-state index contributed by atoms with van der Waals surface area (Å²) in [5, 5.41) is 9.54. The molecule has 0 aliphatic heterocycles. The number of aromatic carboxylic acids is 1. The molecular formula is C59H58O4. The molecule has 4 nitrogen and oxygen atoms in total. The second kappa shape index (κ2) is 18.6. The number of benzene rings is 6. The molecule has 0 radical (unpaired) electrons. The number of hydrogen-bond donors (Lipinski definition) is 1. The van der Waals surface area contributed by atoms with Gasteiger partial charge in [0.05, 0.1) is 18.2 Å². The van der Waals surface area contributed by atoms with Crippen LogP contribution in [-0.2, 0) is 41.3 Å². The Labute approximate surface area is 373 Å². The third kappa shape index (κ3) is 8.74.